The summed E-state index contributed by atoms with van der Waals surface area (Å²) in [5.74, 6) is -0.706. The fourth-order valence-electron chi connectivity index (χ4n) is 4.59. The lowest BCUT2D eigenvalue weighted by atomic mass is 9.78. The van der Waals surface area contributed by atoms with Gasteiger partial charge in [0, 0.05) is 31.7 Å². The van der Waals surface area contributed by atoms with Crippen molar-refractivity contribution in [2.75, 3.05) is 26.2 Å². The Bertz CT molecular complexity index is 812. The number of benzene rings is 1. The van der Waals surface area contributed by atoms with Gasteiger partial charge < -0.3 is 15.0 Å². The average Bonchev–Trinajstić information content (AvgIpc) is 3.18. The highest BCUT2D eigenvalue weighted by atomic mass is 19.1. The predicted octanol–water partition coefficient (Wildman–Crippen LogP) is 1.98. The van der Waals surface area contributed by atoms with Gasteiger partial charge in [-0.1, -0.05) is 19.1 Å². The van der Waals surface area contributed by atoms with E-state index in [-0.39, 0.29) is 17.3 Å². The van der Waals surface area contributed by atoms with E-state index < -0.39 is 6.10 Å². The Morgan fingerprint density at radius 2 is 2.00 bits per heavy atom. The number of likely N-dealkylation sites (tertiary alicyclic amines) is 1. The van der Waals surface area contributed by atoms with Crippen LogP contribution in [0, 0.1) is 5.82 Å². The zero-order valence-electron chi connectivity index (χ0n) is 15.5. The number of aromatic amines is 1. The number of aromatic nitrogens is 2. The molecule has 1 aromatic carbocycles. The number of aliphatic hydroxyl groups is 1. The van der Waals surface area contributed by atoms with E-state index in [2.05, 4.69) is 21.8 Å². The highest BCUT2D eigenvalue weighted by Crippen LogP contribution is 2.42. The maximum Gasteiger partial charge on any atom is 0.256 e. The number of aliphatic hydroxyl groups excluding tert-OH is 1. The van der Waals surface area contributed by atoms with E-state index in [1.54, 1.807) is 11.2 Å². The van der Waals surface area contributed by atoms with Crippen molar-refractivity contribution in [3.63, 3.8) is 0 Å². The molecule has 0 radical (unpaired) electrons. The van der Waals surface area contributed by atoms with Gasteiger partial charge in [-0.15, -0.1) is 0 Å². The van der Waals surface area contributed by atoms with Crippen LogP contribution >= 0.6 is 0 Å². The number of amides is 1. The summed E-state index contributed by atoms with van der Waals surface area (Å²) in [6.07, 6.45) is 3.06. The molecule has 7 heteroatoms. The molecule has 0 bridgehead atoms. The zero-order chi connectivity index (χ0) is 19.0. The Hall–Kier alpha value is -2.25. The first-order chi connectivity index (χ1) is 13.0. The molecular weight excluding hydrogens is 347 g/mol. The van der Waals surface area contributed by atoms with Crippen molar-refractivity contribution in [3.05, 3.63) is 53.4 Å². The molecule has 0 saturated carbocycles. The number of likely N-dealkylation sites (N-methyl/N-ethyl adjacent to an activating group) is 1. The number of halogens is 1. The quantitative estimate of drug-likeness (QED) is 0.864. The first kappa shape index (κ1) is 18.1. The Balaban J connectivity index is 1.50. The normalized spacial score (nSPS) is 20.5. The Labute approximate surface area is 158 Å². The van der Waals surface area contributed by atoms with Crippen molar-refractivity contribution in [2.45, 2.75) is 37.8 Å². The minimum Gasteiger partial charge on any atom is -0.378 e. The minimum absolute atomic E-state index is 0.139. The molecule has 3 heterocycles. The van der Waals surface area contributed by atoms with E-state index in [1.165, 1.54) is 30.0 Å². The molecule has 2 aliphatic heterocycles. The molecule has 2 aliphatic rings. The lowest BCUT2D eigenvalue weighted by molar-refractivity contribution is -0.143. The Morgan fingerprint density at radius 3 is 2.67 bits per heavy atom. The van der Waals surface area contributed by atoms with E-state index in [0.29, 0.717) is 18.7 Å². The molecule has 0 aliphatic carbocycles. The lowest BCUT2D eigenvalue weighted by Crippen LogP contribution is -2.57. The summed E-state index contributed by atoms with van der Waals surface area (Å²) >= 11 is 0. The van der Waals surface area contributed by atoms with E-state index in [1.807, 2.05) is 0 Å². The number of rotatable bonds is 3. The SMILES string of the molecule is CCN1CCc2[nH]cnc2C12CCN(C(=O)[C@@H](O)c1ccc(F)cc1)CC2. The predicted molar refractivity (Wildman–Crippen MR) is 98.4 cm³/mol. The summed E-state index contributed by atoms with van der Waals surface area (Å²) in [6, 6.07) is 5.44. The van der Waals surface area contributed by atoms with Crippen molar-refractivity contribution in [3.8, 4) is 0 Å². The Morgan fingerprint density at radius 1 is 1.30 bits per heavy atom. The highest BCUT2D eigenvalue weighted by molar-refractivity contribution is 5.82. The van der Waals surface area contributed by atoms with Crippen molar-refractivity contribution in [2.24, 2.45) is 0 Å². The zero-order valence-corrected chi connectivity index (χ0v) is 15.5. The Kier molecular flexibility index (Phi) is 4.74. The molecule has 1 spiro atoms. The third-order valence-corrected chi connectivity index (χ3v) is 6.10. The van der Waals surface area contributed by atoms with Gasteiger partial charge in [-0.3, -0.25) is 9.69 Å². The lowest BCUT2D eigenvalue weighted by Gasteiger charge is -2.50. The number of carbonyl (C=O) groups is 1. The molecule has 1 amide bonds. The number of piperidine rings is 1. The molecule has 1 fully saturated rings. The average molecular weight is 372 g/mol. The van der Waals surface area contributed by atoms with Crippen molar-refractivity contribution in [1.82, 2.24) is 19.8 Å². The van der Waals surface area contributed by atoms with Crippen LogP contribution in [0.25, 0.3) is 0 Å². The second-order valence-electron chi connectivity index (χ2n) is 7.37. The number of hydrogen-bond donors (Lipinski definition) is 2. The summed E-state index contributed by atoms with van der Waals surface area (Å²) in [5.41, 5.74) is 2.59. The summed E-state index contributed by atoms with van der Waals surface area (Å²) < 4.78 is 13.1. The van der Waals surface area contributed by atoms with Gasteiger partial charge in [-0.2, -0.15) is 0 Å². The van der Waals surface area contributed by atoms with Crippen LogP contribution in [0.2, 0.25) is 0 Å². The van der Waals surface area contributed by atoms with Gasteiger partial charge in [-0.05, 0) is 37.1 Å². The standard InChI is InChI=1S/C20H25FN4O2/c1-2-25-10-7-16-18(23-13-22-16)20(25)8-11-24(12-9-20)19(27)17(26)14-3-5-15(21)6-4-14/h3-6,13,17,26H,2,7-12H2,1H3,(H,22,23)/t17-/m0/s1. The fraction of sp³-hybridized carbons (Fsp3) is 0.500. The molecule has 27 heavy (non-hydrogen) atoms. The van der Waals surface area contributed by atoms with Crippen LogP contribution in [0.1, 0.15) is 42.8 Å². The number of fused-ring (bicyclic) bond motifs is 2. The first-order valence-corrected chi connectivity index (χ1v) is 9.55. The maximum atomic E-state index is 13.1. The van der Waals surface area contributed by atoms with Gasteiger partial charge in [0.05, 0.1) is 17.6 Å². The van der Waals surface area contributed by atoms with Crippen LogP contribution < -0.4 is 0 Å². The van der Waals surface area contributed by atoms with Crippen LogP contribution in [0.4, 0.5) is 4.39 Å². The van der Waals surface area contributed by atoms with Crippen LogP contribution in [0.15, 0.2) is 30.6 Å². The summed E-state index contributed by atoms with van der Waals surface area (Å²) in [5, 5.41) is 10.4. The third-order valence-electron chi connectivity index (χ3n) is 6.10. The van der Waals surface area contributed by atoms with Crippen LogP contribution in [0.3, 0.4) is 0 Å². The minimum atomic E-state index is -1.26. The van der Waals surface area contributed by atoms with Crippen molar-refractivity contribution in [1.29, 1.82) is 0 Å². The van der Waals surface area contributed by atoms with E-state index in [0.717, 1.165) is 38.0 Å². The molecule has 144 valence electrons. The summed E-state index contributed by atoms with van der Waals surface area (Å²) in [7, 11) is 0. The number of nitrogens with one attached hydrogen (secondary N) is 1. The molecule has 4 rings (SSSR count). The maximum absolute atomic E-state index is 13.1. The first-order valence-electron chi connectivity index (χ1n) is 9.55. The fourth-order valence-corrected chi connectivity index (χ4v) is 4.59. The second kappa shape index (κ2) is 7.05. The number of H-pyrrole nitrogens is 1. The summed E-state index contributed by atoms with van der Waals surface area (Å²) in [4.78, 5) is 24.8. The van der Waals surface area contributed by atoms with Crippen molar-refractivity contribution < 1.29 is 14.3 Å². The molecule has 0 unspecified atom stereocenters. The van der Waals surface area contributed by atoms with Gasteiger partial charge >= 0.3 is 0 Å². The molecule has 6 nitrogen and oxygen atoms in total. The monoisotopic (exact) mass is 372 g/mol. The molecule has 1 saturated heterocycles. The largest absolute Gasteiger partial charge is 0.378 e. The van der Waals surface area contributed by atoms with Gasteiger partial charge in [0.1, 0.15) is 5.82 Å². The smallest absolute Gasteiger partial charge is 0.256 e. The number of hydrogen-bond acceptors (Lipinski definition) is 4. The van der Waals surface area contributed by atoms with Crippen molar-refractivity contribution >= 4 is 5.91 Å². The van der Waals surface area contributed by atoms with Crippen LogP contribution in [0.5, 0.6) is 0 Å². The van der Waals surface area contributed by atoms with E-state index in [4.69, 9.17) is 0 Å². The number of nitrogens with zero attached hydrogens (tertiary/aromatic N) is 3. The topological polar surface area (TPSA) is 72.5 Å². The van der Waals surface area contributed by atoms with E-state index in [9.17, 15) is 14.3 Å². The van der Waals surface area contributed by atoms with Gasteiger partial charge in [0.15, 0.2) is 6.10 Å². The molecular formula is C20H25FN4O2. The van der Waals surface area contributed by atoms with Crippen LogP contribution in [-0.4, -0.2) is 57.0 Å². The summed E-state index contributed by atoms with van der Waals surface area (Å²) in [6.45, 7) is 5.23. The number of carbonyl (C=O) groups excluding carboxylic acids is 1. The highest BCUT2D eigenvalue weighted by Gasteiger charge is 2.46. The van der Waals surface area contributed by atoms with Gasteiger partial charge in [-0.25, -0.2) is 9.37 Å². The molecule has 2 N–H and O–H groups in total. The van der Waals surface area contributed by atoms with Gasteiger partial charge in [0.25, 0.3) is 5.91 Å². The number of imidazole rings is 1. The van der Waals surface area contributed by atoms with E-state index >= 15 is 0 Å². The molecule has 2 aromatic rings. The third kappa shape index (κ3) is 3.04. The second-order valence-corrected chi connectivity index (χ2v) is 7.37. The molecule has 1 atom stereocenters. The molecule has 1 aromatic heterocycles. The van der Waals surface area contributed by atoms with Gasteiger partial charge in [0.2, 0.25) is 0 Å². The van der Waals surface area contributed by atoms with Crippen LogP contribution in [-0.2, 0) is 16.8 Å².